The second kappa shape index (κ2) is 13.2. The predicted molar refractivity (Wildman–Crippen MR) is 254 cm³/mol. The van der Waals surface area contributed by atoms with Gasteiger partial charge in [0.05, 0.1) is 10.5 Å². The molecule has 13 rings (SSSR count). The average Bonchev–Trinajstić information content (AvgIpc) is 3.88. The minimum absolute atomic E-state index is 0.219. The van der Waals surface area contributed by atoms with E-state index < -0.39 is 0 Å². The van der Waals surface area contributed by atoms with E-state index in [-0.39, 0.29) is 10.5 Å². The van der Waals surface area contributed by atoms with Gasteiger partial charge in [0.25, 0.3) is 0 Å². The summed E-state index contributed by atoms with van der Waals surface area (Å²) in [6, 6.07) is 79.2. The van der Waals surface area contributed by atoms with E-state index in [1.54, 1.807) is 0 Å². The van der Waals surface area contributed by atoms with Crippen LogP contribution in [0.1, 0.15) is 32.8 Å². The Hall–Kier alpha value is -7.13. The van der Waals surface area contributed by atoms with Gasteiger partial charge in [0.1, 0.15) is 0 Å². The summed E-state index contributed by atoms with van der Waals surface area (Å²) in [4.78, 5) is 2.46. The molecule has 0 fully saturated rings. The largest absolute Gasteiger partial charge is 0.310 e. The van der Waals surface area contributed by atoms with Crippen LogP contribution in [-0.4, -0.2) is 0 Å². The van der Waals surface area contributed by atoms with E-state index in [9.17, 15) is 0 Å². The van der Waals surface area contributed by atoms with Gasteiger partial charge >= 0.3 is 0 Å². The van der Waals surface area contributed by atoms with Gasteiger partial charge in [-0.1, -0.05) is 176 Å². The molecule has 0 aromatic heterocycles. The summed E-state index contributed by atoms with van der Waals surface area (Å²) < 4.78 is 0. The molecule has 2 aliphatic heterocycles. The molecule has 2 atom stereocenters. The van der Waals surface area contributed by atoms with Gasteiger partial charge in [-0.15, -0.1) is 11.8 Å². The summed E-state index contributed by atoms with van der Waals surface area (Å²) in [6.07, 6.45) is 0. The van der Waals surface area contributed by atoms with Gasteiger partial charge in [0.15, 0.2) is 0 Å². The molecule has 2 heterocycles. The molecule has 0 spiro atoms. The van der Waals surface area contributed by atoms with Crippen molar-refractivity contribution in [3.8, 4) is 66.8 Å². The molecule has 0 saturated heterocycles. The molecular formula is C58H37NS. The monoisotopic (exact) mass is 779 g/mol. The van der Waals surface area contributed by atoms with Crippen LogP contribution < -0.4 is 4.90 Å². The second-order valence-electron chi connectivity index (χ2n) is 16.2. The second-order valence-corrected chi connectivity index (χ2v) is 17.4. The van der Waals surface area contributed by atoms with Crippen molar-refractivity contribution in [1.82, 2.24) is 0 Å². The maximum atomic E-state index is 2.50. The average molecular weight is 780 g/mol. The number of fused-ring (bicyclic) bond motifs is 22. The molecule has 60 heavy (non-hydrogen) atoms. The highest BCUT2D eigenvalue weighted by atomic mass is 32.2. The first-order valence-corrected chi connectivity index (χ1v) is 21.8. The number of benzene rings is 9. The number of nitrogens with zero attached hydrogens (tertiary/aromatic N) is 1. The third-order valence-electron chi connectivity index (χ3n) is 13.1. The van der Waals surface area contributed by atoms with Crippen molar-refractivity contribution in [1.29, 1.82) is 0 Å². The molecule has 4 aliphatic rings. The number of anilines is 3. The number of thioether (sulfide) groups is 1. The zero-order chi connectivity index (χ0) is 39.3. The SMILES string of the molecule is c1ccc(N(c2ccc3c(c2)-c2ccccc2-c2ccccc2-c2ccccc2-3)c2ccc3c(c2)C2SC3C3=C2c2ccccc2-c2ccccc2-c2ccccc23)cc1. The molecule has 1 nitrogen and oxygen atoms in total. The molecule has 2 heteroatoms. The first-order chi connectivity index (χ1) is 29.8. The Balaban J connectivity index is 1.00. The fourth-order valence-electron chi connectivity index (χ4n) is 10.6. The maximum absolute atomic E-state index is 2.50. The molecule has 0 amide bonds. The van der Waals surface area contributed by atoms with Crippen LogP contribution in [0.5, 0.6) is 0 Å². The molecule has 2 bridgehead atoms. The molecule has 0 radical (unpaired) electrons. The Labute approximate surface area is 355 Å². The molecule has 9 aromatic rings. The number of rotatable bonds is 3. The van der Waals surface area contributed by atoms with Gasteiger partial charge in [0.2, 0.25) is 0 Å². The van der Waals surface area contributed by atoms with Crippen molar-refractivity contribution in [3.63, 3.8) is 0 Å². The minimum atomic E-state index is 0.219. The van der Waals surface area contributed by atoms with Crippen LogP contribution in [0.4, 0.5) is 17.1 Å². The third kappa shape index (κ3) is 4.89. The summed E-state index contributed by atoms with van der Waals surface area (Å²) >= 11 is 2.11. The molecule has 2 aliphatic carbocycles. The van der Waals surface area contributed by atoms with E-state index in [0.29, 0.717) is 0 Å². The fraction of sp³-hybridized carbons (Fsp3) is 0.0345. The summed E-state index contributed by atoms with van der Waals surface area (Å²) in [5.74, 6) is 0. The van der Waals surface area contributed by atoms with Crippen molar-refractivity contribution in [3.05, 3.63) is 235 Å². The normalized spacial score (nSPS) is 15.9. The van der Waals surface area contributed by atoms with Crippen LogP contribution in [0.25, 0.3) is 77.9 Å². The summed E-state index contributed by atoms with van der Waals surface area (Å²) in [7, 11) is 0. The minimum Gasteiger partial charge on any atom is -0.310 e. The highest BCUT2D eigenvalue weighted by Crippen LogP contribution is 2.70. The van der Waals surface area contributed by atoms with E-state index in [1.807, 2.05) is 0 Å². The Morgan fingerprint density at radius 2 is 0.583 bits per heavy atom. The number of hydrogen-bond acceptors (Lipinski definition) is 2. The van der Waals surface area contributed by atoms with Gasteiger partial charge in [-0.25, -0.2) is 0 Å². The molecule has 2 unspecified atom stereocenters. The Bertz CT molecular complexity index is 3260. The van der Waals surface area contributed by atoms with E-state index in [2.05, 4.69) is 229 Å². The lowest BCUT2D eigenvalue weighted by Gasteiger charge is -2.31. The lowest BCUT2D eigenvalue weighted by atomic mass is 9.74. The quantitative estimate of drug-likeness (QED) is 0.176. The van der Waals surface area contributed by atoms with Crippen molar-refractivity contribution in [2.75, 3.05) is 4.90 Å². The van der Waals surface area contributed by atoms with Crippen LogP contribution >= 0.6 is 11.8 Å². The summed E-state index contributed by atoms with van der Waals surface area (Å²) in [5.41, 5.74) is 27.2. The molecule has 0 N–H and O–H groups in total. The van der Waals surface area contributed by atoms with Crippen molar-refractivity contribution < 1.29 is 0 Å². The maximum Gasteiger partial charge on any atom is 0.0569 e. The van der Waals surface area contributed by atoms with Gasteiger partial charge in [-0.3, -0.25) is 0 Å². The molecule has 9 aromatic carbocycles. The topological polar surface area (TPSA) is 3.24 Å². The predicted octanol–water partition coefficient (Wildman–Crippen LogP) is 16.2. The Morgan fingerprint density at radius 1 is 0.250 bits per heavy atom. The zero-order valence-electron chi connectivity index (χ0n) is 32.7. The van der Waals surface area contributed by atoms with Gasteiger partial charge < -0.3 is 4.90 Å². The fourth-order valence-corrected chi connectivity index (χ4v) is 12.4. The molecule has 0 saturated carbocycles. The highest BCUT2D eigenvalue weighted by Gasteiger charge is 2.47. The highest BCUT2D eigenvalue weighted by molar-refractivity contribution is 8.01. The van der Waals surface area contributed by atoms with Crippen LogP contribution in [0.2, 0.25) is 0 Å². The lowest BCUT2D eigenvalue weighted by Crippen LogP contribution is -2.13. The molecular weight excluding hydrogens is 743 g/mol. The molecule has 280 valence electrons. The third-order valence-corrected chi connectivity index (χ3v) is 14.7. The van der Waals surface area contributed by atoms with Crippen LogP contribution in [0.15, 0.2) is 212 Å². The van der Waals surface area contributed by atoms with Crippen molar-refractivity contribution in [2.24, 2.45) is 0 Å². The van der Waals surface area contributed by atoms with Gasteiger partial charge in [0, 0.05) is 17.1 Å². The summed E-state index contributed by atoms with van der Waals surface area (Å²) in [6.45, 7) is 0. The van der Waals surface area contributed by atoms with Gasteiger partial charge in [-0.2, -0.15) is 0 Å². The van der Waals surface area contributed by atoms with E-state index in [0.717, 1.165) is 11.4 Å². The summed E-state index contributed by atoms with van der Waals surface area (Å²) in [5, 5.41) is 0.478. The number of para-hydroxylation sites is 1. The van der Waals surface area contributed by atoms with Gasteiger partial charge in [-0.05, 0) is 137 Å². The van der Waals surface area contributed by atoms with Crippen molar-refractivity contribution in [2.45, 2.75) is 10.5 Å². The lowest BCUT2D eigenvalue weighted by molar-refractivity contribution is 1.15. The first kappa shape index (κ1) is 33.8. The van der Waals surface area contributed by atoms with Crippen LogP contribution in [0.3, 0.4) is 0 Å². The van der Waals surface area contributed by atoms with Crippen LogP contribution in [0, 0.1) is 0 Å². The van der Waals surface area contributed by atoms with E-state index in [1.165, 1.54) is 106 Å². The first-order valence-electron chi connectivity index (χ1n) is 20.9. The Morgan fingerprint density at radius 3 is 1.05 bits per heavy atom. The zero-order valence-corrected chi connectivity index (χ0v) is 33.5. The standard InChI is InChI=1S/C58H37NS/c1-2-16-36(17-3-1)59(37-30-32-49-45-24-9-6-20-41(45)39-18-4-5-19-40(39)44-23-10-11-27-48(44)53(49)34-37)38-31-33-52-54(35-38)58-56-51-29-15-13-26-47(51)43-22-8-7-21-42(43)46-25-12-14-28-50(46)55(56)57(52)60-58/h1-35,57-58H. The van der Waals surface area contributed by atoms with Crippen LogP contribution in [-0.2, 0) is 0 Å². The smallest absolute Gasteiger partial charge is 0.0569 e. The van der Waals surface area contributed by atoms with E-state index in [4.69, 9.17) is 0 Å². The number of hydrogen-bond donors (Lipinski definition) is 0. The van der Waals surface area contributed by atoms with Crippen molar-refractivity contribution >= 4 is 40.0 Å². The Kier molecular flexibility index (Phi) is 7.43. The van der Waals surface area contributed by atoms with E-state index >= 15 is 0 Å².